The monoisotopic (exact) mass is 347 g/mol. The molecule has 126 valence electrons. The first kappa shape index (κ1) is 16.4. The molecule has 24 heavy (non-hydrogen) atoms. The summed E-state index contributed by atoms with van der Waals surface area (Å²) in [6, 6.07) is 5.45. The number of nitrogens with zero attached hydrogens (tertiary/aromatic N) is 4. The Morgan fingerprint density at radius 1 is 1.38 bits per heavy atom. The molecule has 0 saturated carbocycles. The van der Waals surface area contributed by atoms with Gasteiger partial charge in [0.2, 0.25) is 17.7 Å². The van der Waals surface area contributed by atoms with Crippen molar-refractivity contribution < 1.29 is 9.32 Å². The summed E-state index contributed by atoms with van der Waals surface area (Å²) in [5.74, 6) is 1.66. The Hall–Kier alpha value is -2.41. The molecule has 0 unspecified atom stereocenters. The zero-order valence-corrected chi connectivity index (χ0v) is 14.3. The van der Waals surface area contributed by atoms with Crippen LogP contribution >= 0.6 is 11.6 Å². The SMILES string of the molecule is CCc1noc(CCCC(=O)Nc2nc3cc(Cl)ccc3n2C)n1. The topological polar surface area (TPSA) is 85.8 Å². The van der Waals surface area contributed by atoms with Gasteiger partial charge in [-0.25, -0.2) is 4.98 Å². The second-order valence-electron chi connectivity index (χ2n) is 5.49. The number of carbonyl (C=O) groups is 1. The quantitative estimate of drug-likeness (QED) is 0.740. The number of hydrogen-bond donors (Lipinski definition) is 1. The minimum absolute atomic E-state index is 0.102. The van der Waals surface area contributed by atoms with Gasteiger partial charge in [0.25, 0.3) is 0 Å². The predicted octanol–water partition coefficient (Wildman–Crippen LogP) is 3.13. The van der Waals surface area contributed by atoms with Crippen LogP contribution < -0.4 is 5.32 Å². The normalized spacial score (nSPS) is 11.1. The lowest BCUT2D eigenvalue weighted by Gasteiger charge is -2.04. The van der Waals surface area contributed by atoms with Crippen LogP contribution in [0.4, 0.5) is 5.95 Å². The second kappa shape index (κ2) is 7.00. The van der Waals surface area contributed by atoms with Crippen molar-refractivity contribution in [3.05, 3.63) is 34.9 Å². The molecule has 1 aromatic carbocycles. The van der Waals surface area contributed by atoms with E-state index in [1.807, 2.05) is 24.6 Å². The van der Waals surface area contributed by atoms with Crippen LogP contribution in [0.5, 0.6) is 0 Å². The first-order valence-electron chi connectivity index (χ1n) is 7.80. The molecule has 0 atom stereocenters. The highest BCUT2D eigenvalue weighted by Crippen LogP contribution is 2.22. The summed E-state index contributed by atoms with van der Waals surface area (Å²) in [4.78, 5) is 20.7. The van der Waals surface area contributed by atoms with Crippen molar-refractivity contribution in [2.24, 2.45) is 7.05 Å². The third kappa shape index (κ3) is 3.56. The van der Waals surface area contributed by atoms with Crippen molar-refractivity contribution in [1.29, 1.82) is 0 Å². The maximum atomic E-state index is 12.1. The van der Waals surface area contributed by atoms with Crippen molar-refractivity contribution in [3.8, 4) is 0 Å². The summed E-state index contributed by atoms with van der Waals surface area (Å²) in [5.41, 5.74) is 1.66. The van der Waals surface area contributed by atoms with Crippen LogP contribution in [0.1, 0.15) is 31.5 Å². The molecule has 0 radical (unpaired) electrons. The maximum Gasteiger partial charge on any atom is 0.226 e. The summed E-state index contributed by atoms with van der Waals surface area (Å²) in [6.45, 7) is 1.96. The summed E-state index contributed by atoms with van der Waals surface area (Å²) in [5, 5.41) is 7.27. The molecule has 0 aliphatic heterocycles. The van der Waals surface area contributed by atoms with Gasteiger partial charge in [-0.1, -0.05) is 23.7 Å². The molecule has 2 heterocycles. The summed E-state index contributed by atoms with van der Waals surface area (Å²) in [6.07, 6.45) is 2.31. The number of amides is 1. The average molecular weight is 348 g/mol. The van der Waals surface area contributed by atoms with Crippen LogP contribution in [0.3, 0.4) is 0 Å². The number of anilines is 1. The summed E-state index contributed by atoms with van der Waals surface area (Å²) < 4.78 is 6.93. The van der Waals surface area contributed by atoms with Crippen molar-refractivity contribution >= 4 is 34.5 Å². The van der Waals surface area contributed by atoms with E-state index in [-0.39, 0.29) is 5.91 Å². The third-order valence-electron chi connectivity index (χ3n) is 3.71. The van der Waals surface area contributed by atoms with Crippen LogP contribution in [0.25, 0.3) is 11.0 Å². The first-order chi connectivity index (χ1) is 11.6. The molecule has 0 fully saturated rings. The van der Waals surface area contributed by atoms with Gasteiger partial charge >= 0.3 is 0 Å². The Bertz CT molecular complexity index is 871. The van der Waals surface area contributed by atoms with Gasteiger partial charge in [0.1, 0.15) is 0 Å². The molecule has 8 heteroatoms. The summed E-state index contributed by atoms with van der Waals surface area (Å²) in [7, 11) is 1.85. The number of halogens is 1. The van der Waals surface area contributed by atoms with Crippen LogP contribution in [0.2, 0.25) is 5.02 Å². The molecular weight excluding hydrogens is 330 g/mol. The number of nitrogens with one attached hydrogen (secondary N) is 1. The molecular formula is C16H18ClN5O2. The van der Waals surface area contributed by atoms with Crippen LogP contribution in [-0.4, -0.2) is 25.6 Å². The van der Waals surface area contributed by atoms with E-state index >= 15 is 0 Å². The van der Waals surface area contributed by atoms with Crippen molar-refractivity contribution in [2.45, 2.75) is 32.6 Å². The zero-order valence-electron chi connectivity index (χ0n) is 13.5. The molecule has 0 aliphatic rings. The second-order valence-corrected chi connectivity index (χ2v) is 5.92. The number of benzene rings is 1. The maximum absolute atomic E-state index is 12.1. The Morgan fingerprint density at radius 2 is 2.21 bits per heavy atom. The fraction of sp³-hybridized carbons (Fsp3) is 0.375. The van der Waals surface area contributed by atoms with Gasteiger partial charge in [-0.3, -0.25) is 10.1 Å². The molecule has 0 bridgehead atoms. The van der Waals surface area contributed by atoms with E-state index in [2.05, 4.69) is 20.4 Å². The third-order valence-corrected chi connectivity index (χ3v) is 3.95. The molecule has 3 aromatic rings. The first-order valence-corrected chi connectivity index (χ1v) is 8.18. The zero-order chi connectivity index (χ0) is 17.1. The van der Waals surface area contributed by atoms with Gasteiger partial charge in [0.15, 0.2) is 5.82 Å². The Labute approximate surface area is 144 Å². The van der Waals surface area contributed by atoms with Gasteiger partial charge in [-0.05, 0) is 24.6 Å². The largest absolute Gasteiger partial charge is 0.339 e. The van der Waals surface area contributed by atoms with Crippen molar-refractivity contribution in [1.82, 2.24) is 19.7 Å². The highest BCUT2D eigenvalue weighted by Gasteiger charge is 2.12. The number of aromatic nitrogens is 4. The van der Waals surface area contributed by atoms with Gasteiger partial charge in [0.05, 0.1) is 11.0 Å². The number of carbonyl (C=O) groups excluding carboxylic acids is 1. The Morgan fingerprint density at radius 3 is 2.96 bits per heavy atom. The van der Waals surface area contributed by atoms with Crippen LogP contribution in [-0.2, 0) is 24.7 Å². The van der Waals surface area contributed by atoms with E-state index in [1.54, 1.807) is 12.1 Å². The van der Waals surface area contributed by atoms with Crippen LogP contribution in [0, 0.1) is 0 Å². The Balaban J connectivity index is 1.57. The molecule has 2 aromatic heterocycles. The fourth-order valence-electron chi connectivity index (χ4n) is 2.41. The van der Waals surface area contributed by atoms with Crippen molar-refractivity contribution in [3.63, 3.8) is 0 Å². The van der Waals surface area contributed by atoms with E-state index < -0.39 is 0 Å². The summed E-state index contributed by atoms with van der Waals surface area (Å²) >= 11 is 5.97. The minimum Gasteiger partial charge on any atom is -0.339 e. The molecule has 7 nitrogen and oxygen atoms in total. The smallest absolute Gasteiger partial charge is 0.226 e. The molecule has 3 rings (SSSR count). The molecule has 0 aliphatic carbocycles. The number of rotatable bonds is 6. The minimum atomic E-state index is -0.102. The lowest BCUT2D eigenvalue weighted by atomic mass is 10.2. The predicted molar refractivity (Wildman–Crippen MR) is 91.0 cm³/mol. The molecule has 1 N–H and O–H groups in total. The highest BCUT2D eigenvalue weighted by molar-refractivity contribution is 6.31. The number of aryl methyl sites for hydroxylation is 3. The van der Waals surface area contributed by atoms with Gasteiger partial charge < -0.3 is 9.09 Å². The fourth-order valence-corrected chi connectivity index (χ4v) is 2.57. The molecule has 0 saturated heterocycles. The van der Waals surface area contributed by atoms with E-state index in [0.717, 1.165) is 17.5 Å². The van der Waals surface area contributed by atoms with Crippen LogP contribution in [0.15, 0.2) is 22.7 Å². The number of fused-ring (bicyclic) bond motifs is 1. The van der Waals surface area contributed by atoms with E-state index in [1.165, 1.54) is 0 Å². The van der Waals surface area contributed by atoms with Gasteiger partial charge in [-0.15, -0.1) is 0 Å². The lowest BCUT2D eigenvalue weighted by Crippen LogP contribution is -2.14. The van der Waals surface area contributed by atoms with E-state index in [9.17, 15) is 4.79 Å². The Kier molecular flexibility index (Phi) is 4.80. The lowest BCUT2D eigenvalue weighted by molar-refractivity contribution is -0.116. The molecule has 0 spiro atoms. The van der Waals surface area contributed by atoms with Gasteiger partial charge in [0, 0.05) is 31.3 Å². The number of imidazole rings is 1. The molecule has 1 amide bonds. The van der Waals surface area contributed by atoms with Gasteiger partial charge in [-0.2, -0.15) is 4.98 Å². The average Bonchev–Trinajstić information content (AvgIpc) is 3.12. The highest BCUT2D eigenvalue weighted by atomic mass is 35.5. The van der Waals surface area contributed by atoms with Crippen molar-refractivity contribution in [2.75, 3.05) is 5.32 Å². The standard InChI is InChI=1S/C16H18ClN5O2/c1-3-13-19-15(24-21-13)6-4-5-14(23)20-16-18-11-9-10(17)7-8-12(11)22(16)2/h7-9H,3-6H2,1-2H3,(H,18,20,23). The van der Waals surface area contributed by atoms with E-state index in [0.29, 0.717) is 41.9 Å². The number of hydrogen-bond acceptors (Lipinski definition) is 5. The van der Waals surface area contributed by atoms with E-state index in [4.69, 9.17) is 16.1 Å².